The molecule has 0 saturated carbocycles. The van der Waals surface area contributed by atoms with Crippen LogP contribution in [0.25, 0.3) is 11.0 Å². The number of nitrogens with one attached hydrogen (secondary N) is 1. The Hall–Kier alpha value is -1.95. The number of carbonyl (C=O) groups is 1. The minimum absolute atomic E-state index is 0.0682. The second kappa shape index (κ2) is 5.11. The summed E-state index contributed by atoms with van der Waals surface area (Å²) < 4.78 is 1.71. The second-order valence-electron chi connectivity index (χ2n) is 6.00. The summed E-state index contributed by atoms with van der Waals surface area (Å²) in [5.41, 5.74) is 2.30. The monoisotopic (exact) mass is 287 g/mol. The number of hydrogen-bond acceptors (Lipinski definition) is 4. The lowest BCUT2D eigenvalue weighted by atomic mass is 10.1. The Morgan fingerprint density at radius 2 is 2.00 bits per heavy atom. The van der Waals surface area contributed by atoms with Gasteiger partial charge in [0, 0.05) is 37.9 Å². The first kappa shape index (κ1) is 14.0. The summed E-state index contributed by atoms with van der Waals surface area (Å²) in [6.45, 7) is 7.58. The average molecular weight is 287 g/mol. The molecule has 0 spiro atoms. The summed E-state index contributed by atoms with van der Waals surface area (Å²) in [7, 11) is 1.85. The Morgan fingerprint density at radius 1 is 1.33 bits per heavy atom. The molecule has 1 N–H and O–H groups in total. The smallest absolute Gasteiger partial charge is 0.254 e. The van der Waals surface area contributed by atoms with E-state index in [0.717, 1.165) is 29.8 Å². The van der Waals surface area contributed by atoms with Crippen molar-refractivity contribution in [3.8, 4) is 0 Å². The van der Waals surface area contributed by atoms with Crippen LogP contribution in [0.2, 0.25) is 0 Å². The third-order valence-corrected chi connectivity index (χ3v) is 3.91. The zero-order valence-electron chi connectivity index (χ0n) is 12.9. The van der Waals surface area contributed by atoms with Crippen LogP contribution in [0.15, 0.2) is 12.3 Å². The van der Waals surface area contributed by atoms with Crippen molar-refractivity contribution in [1.82, 2.24) is 25.0 Å². The predicted molar refractivity (Wildman–Crippen MR) is 81.2 cm³/mol. The van der Waals surface area contributed by atoms with Gasteiger partial charge in [0.25, 0.3) is 5.91 Å². The van der Waals surface area contributed by atoms with Crippen molar-refractivity contribution in [3.05, 3.63) is 23.5 Å². The van der Waals surface area contributed by atoms with E-state index in [1.165, 1.54) is 0 Å². The van der Waals surface area contributed by atoms with Gasteiger partial charge in [0.1, 0.15) is 0 Å². The van der Waals surface area contributed by atoms with Crippen LogP contribution in [0.1, 0.15) is 29.9 Å². The van der Waals surface area contributed by atoms with Crippen LogP contribution in [0.5, 0.6) is 0 Å². The number of aryl methyl sites for hydroxylation is 2. The van der Waals surface area contributed by atoms with E-state index < -0.39 is 0 Å². The lowest BCUT2D eigenvalue weighted by Crippen LogP contribution is -2.55. The van der Waals surface area contributed by atoms with Crippen LogP contribution in [0.3, 0.4) is 0 Å². The van der Waals surface area contributed by atoms with Crippen molar-refractivity contribution in [2.45, 2.75) is 32.9 Å². The highest BCUT2D eigenvalue weighted by Crippen LogP contribution is 2.20. The molecule has 0 unspecified atom stereocenters. The van der Waals surface area contributed by atoms with Crippen LogP contribution < -0.4 is 5.32 Å². The van der Waals surface area contributed by atoms with Crippen LogP contribution in [0.4, 0.5) is 0 Å². The molecule has 0 aromatic carbocycles. The molecule has 21 heavy (non-hydrogen) atoms. The molecular formula is C15H21N5O. The van der Waals surface area contributed by atoms with Crippen molar-refractivity contribution in [3.63, 3.8) is 0 Å². The molecule has 0 radical (unpaired) electrons. The van der Waals surface area contributed by atoms with Crippen LogP contribution in [-0.2, 0) is 7.05 Å². The Labute approximate surface area is 124 Å². The van der Waals surface area contributed by atoms with Gasteiger partial charge in [-0.1, -0.05) is 0 Å². The van der Waals surface area contributed by atoms with Crippen LogP contribution in [-0.4, -0.2) is 50.7 Å². The minimum Gasteiger partial charge on any atom is -0.336 e. The summed E-state index contributed by atoms with van der Waals surface area (Å²) in [5, 5.41) is 8.50. The highest BCUT2D eigenvalue weighted by Gasteiger charge is 2.27. The van der Waals surface area contributed by atoms with Gasteiger partial charge >= 0.3 is 0 Å². The van der Waals surface area contributed by atoms with Gasteiger partial charge in [0.2, 0.25) is 0 Å². The van der Waals surface area contributed by atoms with E-state index >= 15 is 0 Å². The van der Waals surface area contributed by atoms with Crippen molar-refractivity contribution in [2.24, 2.45) is 7.05 Å². The molecule has 3 rings (SSSR count). The van der Waals surface area contributed by atoms with Gasteiger partial charge in [0.15, 0.2) is 5.65 Å². The van der Waals surface area contributed by atoms with Gasteiger partial charge < -0.3 is 10.2 Å². The molecule has 1 amide bonds. The zero-order chi connectivity index (χ0) is 15.1. The molecule has 3 heterocycles. The number of hydrogen-bond donors (Lipinski definition) is 1. The molecular weight excluding hydrogens is 266 g/mol. The number of rotatable bonds is 1. The third-order valence-electron chi connectivity index (χ3n) is 3.91. The van der Waals surface area contributed by atoms with E-state index in [9.17, 15) is 4.79 Å². The maximum atomic E-state index is 12.9. The van der Waals surface area contributed by atoms with Gasteiger partial charge in [0.05, 0.1) is 17.1 Å². The Balaban J connectivity index is 2.01. The minimum atomic E-state index is 0.0682. The number of amides is 1. The molecule has 0 aliphatic carbocycles. The largest absolute Gasteiger partial charge is 0.336 e. The van der Waals surface area contributed by atoms with Gasteiger partial charge in [-0.2, -0.15) is 5.10 Å². The zero-order valence-corrected chi connectivity index (χ0v) is 12.9. The summed E-state index contributed by atoms with van der Waals surface area (Å²) >= 11 is 0. The maximum Gasteiger partial charge on any atom is 0.254 e. The molecule has 6 heteroatoms. The fourth-order valence-corrected chi connectivity index (χ4v) is 3.08. The first-order valence-corrected chi connectivity index (χ1v) is 7.30. The molecule has 2 atom stereocenters. The topological polar surface area (TPSA) is 63.1 Å². The van der Waals surface area contributed by atoms with Crippen molar-refractivity contribution in [1.29, 1.82) is 0 Å². The quantitative estimate of drug-likeness (QED) is 0.853. The molecule has 2 aromatic heterocycles. The molecule has 1 fully saturated rings. The van der Waals surface area contributed by atoms with Crippen LogP contribution >= 0.6 is 0 Å². The summed E-state index contributed by atoms with van der Waals surface area (Å²) in [6, 6.07) is 2.49. The number of piperazine rings is 1. The summed E-state index contributed by atoms with van der Waals surface area (Å²) in [4.78, 5) is 19.3. The highest BCUT2D eigenvalue weighted by molar-refractivity contribution is 6.05. The van der Waals surface area contributed by atoms with Gasteiger partial charge in [-0.25, -0.2) is 4.98 Å². The van der Waals surface area contributed by atoms with E-state index in [-0.39, 0.29) is 5.91 Å². The van der Waals surface area contributed by atoms with Gasteiger partial charge in [-0.05, 0) is 26.8 Å². The number of fused-ring (bicyclic) bond motifs is 1. The van der Waals surface area contributed by atoms with Crippen LogP contribution in [0, 0.1) is 6.92 Å². The van der Waals surface area contributed by atoms with E-state index in [1.54, 1.807) is 10.9 Å². The lowest BCUT2D eigenvalue weighted by Gasteiger charge is -2.36. The first-order chi connectivity index (χ1) is 9.95. The SMILES string of the molecule is Cc1cc(C(=O)N2C[C@H](C)N[C@@H](C)C2)c2cnn(C)c2n1. The normalized spacial score (nSPS) is 22.8. The number of pyridine rings is 1. The van der Waals surface area contributed by atoms with Gasteiger partial charge in [-0.15, -0.1) is 0 Å². The average Bonchev–Trinajstić information content (AvgIpc) is 2.78. The standard InChI is InChI=1S/C15H21N5O/c1-9-5-12(13-6-16-19(4)14(13)18-9)15(21)20-7-10(2)17-11(3)8-20/h5-6,10-11,17H,7-8H2,1-4H3/t10-,11-/m0/s1. The number of aromatic nitrogens is 3. The number of carbonyl (C=O) groups excluding carboxylic acids is 1. The third kappa shape index (κ3) is 2.51. The fourth-order valence-electron chi connectivity index (χ4n) is 3.08. The van der Waals surface area contributed by atoms with Crippen molar-refractivity contribution < 1.29 is 4.79 Å². The molecule has 112 valence electrons. The van der Waals surface area contributed by atoms with E-state index in [0.29, 0.717) is 17.6 Å². The van der Waals surface area contributed by atoms with Gasteiger partial charge in [-0.3, -0.25) is 9.48 Å². The second-order valence-corrected chi connectivity index (χ2v) is 6.00. The molecule has 0 bridgehead atoms. The molecule has 1 saturated heterocycles. The predicted octanol–water partition coefficient (Wildman–Crippen LogP) is 1.10. The Morgan fingerprint density at radius 3 is 2.67 bits per heavy atom. The molecule has 1 aliphatic rings. The summed E-state index contributed by atoms with van der Waals surface area (Å²) in [6.07, 6.45) is 1.73. The van der Waals surface area contributed by atoms with Crippen molar-refractivity contribution >= 4 is 16.9 Å². The van der Waals surface area contributed by atoms with E-state index in [1.807, 2.05) is 24.9 Å². The summed E-state index contributed by atoms with van der Waals surface area (Å²) in [5.74, 6) is 0.0682. The maximum absolute atomic E-state index is 12.9. The van der Waals surface area contributed by atoms with E-state index in [2.05, 4.69) is 29.2 Å². The molecule has 2 aromatic rings. The lowest BCUT2D eigenvalue weighted by molar-refractivity contribution is 0.0675. The molecule has 6 nitrogen and oxygen atoms in total. The number of nitrogens with zero attached hydrogens (tertiary/aromatic N) is 4. The molecule has 1 aliphatic heterocycles. The first-order valence-electron chi connectivity index (χ1n) is 7.30. The fraction of sp³-hybridized carbons (Fsp3) is 0.533. The van der Waals surface area contributed by atoms with E-state index in [4.69, 9.17) is 0 Å². The Bertz CT molecular complexity index is 683. The Kier molecular flexibility index (Phi) is 3.41. The highest BCUT2D eigenvalue weighted by atomic mass is 16.2. The van der Waals surface area contributed by atoms with Crippen molar-refractivity contribution in [2.75, 3.05) is 13.1 Å².